The van der Waals surface area contributed by atoms with Gasteiger partial charge < -0.3 is 11.5 Å². The number of halogens is 2. The van der Waals surface area contributed by atoms with Crippen LogP contribution in [0.15, 0.2) is 36.8 Å². The minimum Gasteiger partial charge on any atom is -0.382 e. The molecule has 1 saturated heterocycles. The standard InChI is InChI=1S/C12H10N8.C7H13F2N/c13-11-10-7(3-5-20(10)18-12(14)16-11)8-1-2-9-15-4-6-19(9)17-8;1-2-10-5-3-4-7(8,9)6-10/h1-6H,(H4,13,14,16,18);2-6H2,1H3. The lowest BCUT2D eigenvalue weighted by Crippen LogP contribution is -2.42. The van der Waals surface area contributed by atoms with E-state index in [4.69, 9.17) is 11.5 Å². The van der Waals surface area contributed by atoms with E-state index in [2.05, 4.69) is 20.2 Å². The first-order chi connectivity index (χ1) is 14.4. The van der Waals surface area contributed by atoms with E-state index in [-0.39, 0.29) is 18.9 Å². The van der Waals surface area contributed by atoms with Gasteiger partial charge in [0.25, 0.3) is 5.92 Å². The molecule has 9 nitrogen and oxygen atoms in total. The molecule has 158 valence electrons. The quantitative estimate of drug-likeness (QED) is 0.516. The highest BCUT2D eigenvalue weighted by Gasteiger charge is 2.34. The van der Waals surface area contributed by atoms with Crippen molar-refractivity contribution in [1.82, 2.24) is 34.1 Å². The number of piperidine rings is 1. The lowest BCUT2D eigenvalue weighted by atomic mass is 10.1. The maximum atomic E-state index is 12.6. The summed E-state index contributed by atoms with van der Waals surface area (Å²) in [4.78, 5) is 9.95. The van der Waals surface area contributed by atoms with E-state index in [1.54, 1.807) is 32.5 Å². The van der Waals surface area contributed by atoms with E-state index in [1.807, 2.05) is 25.1 Å². The second kappa shape index (κ2) is 7.82. The van der Waals surface area contributed by atoms with Crippen molar-refractivity contribution in [2.45, 2.75) is 25.7 Å². The van der Waals surface area contributed by atoms with E-state index >= 15 is 0 Å². The molecule has 11 heteroatoms. The number of alkyl halides is 2. The number of hydrogen-bond acceptors (Lipinski definition) is 7. The molecule has 0 aliphatic carbocycles. The van der Waals surface area contributed by atoms with Gasteiger partial charge in [-0.25, -0.2) is 22.8 Å². The summed E-state index contributed by atoms with van der Waals surface area (Å²) in [5.41, 5.74) is 14.6. The first kappa shape index (κ1) is 20.0. The van der Waals surface area contributed by atoms with Gasteiger partial charge in [0.15, 0.2) is 11.5 Å². The molecule has 0 aromatic carbocycles. The molecule has 4 aromatic heterocycles. The number of rotatable bonds is 2. The average Bonchev–Trinajstić information content (AvgIpc) is 3.33. The number of imidazole rings is 1. The van der Waals surface area contributed by atoms with Gasteiger partial charge in [0, 0.05) is 30.6 Å². The molecule has 1 fully saturated rings. The number of nitrogen functional groups attached to an aromatic ring is 2. The van der Waals surface area contributed by atoms with Crippen LogP contribution in [0.1, 0.15) is 19.8 Å². The highest BCUT2D eigenvalue weighted by atomic mass is 19.3. The van der Waals surface area contributed by atoms with Crippen molar-refractivity contribution < 1.29 is 8.78 Å². The third-order valence-corrected chi connectivity index (χ3v) is 5.00. The fourth-order valence-corrected chi connectivity index (χ4v) is 3.55. The lowest BCUT2D eigenvalue weighted by molar-refractivity contribution is -0.0625. The zero-order valence-electron chi connectivity index (χ0n) is 16.5. The monoisotopic (exact) mass is 415 g/mol. The van der Waals surface area contributed by atoms with Crippen LogP contribution in [0.25, 0.3) is 22.4 Å². The zero-order valence-corrected chi connectivity index (χ0v) is 16.5. The molecule has 0 bridgehead atoms. The van der Waals surface area contributed by atoms with Crippen molar-refractivity contribution in [2.75, 3.05) is 31.1 Å². The van der Waals surface area contributed by atoms with Crippen LogP contribution in [0.2, 0.25) is 0 Å². The normalized spacial score (nSPS) is 16.5. The molecular weight excluding hydrogens is 392 g/mol. The van der Waals surface area contributed by atoms with E-state index in [9.17, 15) is 8.78 Å². The highest BCUT2D eigenvalue weighted by molar-refractivity contribution is 5.86. The smallest absolute Gasteiger partial charge is 0.260 e. The molecule has 4 aromatic rings. The van der Waals surface area contributed by atoms with Crippen LogP contribution < -0.4 is 11.5 Å². The molecule has 1 aliphatic rings. The Bertz CT molecular complexity index is 1170. The largest absolute Gasteiger partial charge is 0.382 e. The van der Waals surface area contributed by atoms with Crippen LogP contribution >= 0.6 is 0 Å². The Morgan fingerprint density at radius 1 is 1.10 bits per heavy atom. The first-order valence-electron chi connectivity index (χ1n) is 9.67. The van der Waals surface area contributed by atoms with E-state index in [1.165, 1.54) is 0 Å². The third-order valence-electron chi connectivity index (χ3n) is 5.00. The summed E-state index contributed by atoms with van der Waals surface area (Å²) < 4.78 is 28.5. The molecule has 0 saturated carbocycles. The fraction of sp³-hybridized carbons (Fsp3) is 0.368. The summed E-state index contributed by atoms with van der Waals surface area (Å²) in [6.07, 6.45) is 5.97. The Morgan fingerprint density at radius 2 is 1.93 bits per heavy atom. The van der Waals surface area contributed by atoms with Crippen molar-refractivity contribution in [3.05, 3.63) is 36.8 Å². The predicted molar refractivity (Wildman–Crippen MR) is 110 cm³/mol. The summed E-state index contributed by atoms with van der Waals surface area (Å²) in [5.74, 6) is -1.96. The van der Waals surface area contributed by atoms with Gasteiger partial charge in [-0.05, 0) is 37.7 Å². The predicted octanol–water partition coefficient (Wildman–Crippen LogP) is 2.34. The molecule has 5 rings (SSSR count). The van der Waals surface area contributed by atoms with Crippen LogP contribution in [-0.4, -0.2) is 59.7 Å². The Hall–Kier alpha value is -3.34. The number of aromatic nitrogens is 6. The van der Waals surface area contributed by atoms with Crippen molar-refractivity contribution in [3.8, 4) is 11.3 Å². The number of fused-ring (bicyclic) bond motifs is 2. The van der Waals surface area contributed by atoms with Gasteiger partial charge in [-0.3, -0.25) is 4.90 Å². The summed E-state index contributed by atoms with van der Waals surface area (Å²) in [6, 6.07) is 5.65. The minimum absolute atomic E-state index is 0.0382. The van der Waals surface area contributed by atoms with Crippen LogP contribution in [0.3, 0.4) is 0 Å². The van der Waals surface area contributed by atoms with Gasteiger partial charge in [-0.2, -0.15) is 10.1 Å². The summed E-state index contributed by atoms with van der Waals surface area (Å²) in [5, 5.41) is 8.58. The fourth-order valence-electron chi connectivity index (χ4n) is 3.55. The van der Waals surface area contributed by atoms with Crippen molar-refractivity contribution in [1.29, 1.82) is 0 Å². The Kier molecular flexibility index (Phi) is 5.20. The topological polar surface area (TPSA) is 116 Å². The van der Waals surface area contributed by atoms with Gasteiger partial charge in [-0.15, -0.1) is 5.10 Å². The molecule has 0 unspecified atom stereocenters. The number of nitrogens with two attached hydrogens (primary N) is 2. The van der Waals surface area contributed by atoms with Gasteiger partial charge in [-0.1, -0.05) is 6.92 Å². The Labute approximate surface area is 171 Å². The molecule has 0 spiro atoms. The summed E-state index contributed by atoms with van der Waals surface area (Å²) in [6.45, 7) is 3.46. The van der Waals surface area contributed by atoms with Gasteiger partial charge in [0.1, 0.15) is 5.52 Å². The average molecular weight is 415 g/mol. The van der Waals surface area contributed by atoms with Gasteiger partial charge in [0.05, 0.1) is 12.2 Å². The number of anilines is 2. The van der Waals surface area contributed by atoms with E-state index in [0.717, 1.165) is 30.0 Å². The van der Waals surface area contributed by atoms with Crippen LogP contribution in [-0.2, 0) is 0 Å². The first-order valence-corrected chi connectivity index (χ1v) is 9.67. The Morgan fingerprint density at radius 3 is 2.67 bits per heavy atom. The van der Waals surface area contributed by atoms with Crippen LogP contribution in [0, 0.1) is 0 Å². The maximum absolute atomic E-state index is 12.6. The second-order valence-electron chi connectivity index (χ2n) is 7.15. The highest BCUT2D eigenvalue weighted by Crippen LogP contribution is 2.27. The molecule has 30 heavy (non-hydrogen) atoms. The SMILES string of the molecule is CCN1CCCC(F)(F)C1.Nc1nc(N)c2c(-c3ccc4nccn4n3)ccn2n1. The summed E-state index contributed by atoms with van der Waals surface area (Å²) in [7, 11) is 0. The summed E-state index contributed by atoms with van der Waals surface area (Å²) >= 11 is 0. The van der Waals surface area contributed by atoms with Gasteiger partial charge >= 0.3 is 0 Å². The van der Waals surface area contributed by atoms with Crippen LogP contribution in [0.4, 0.5) is 20.5 Å². The molecule has 0 amide bonds. The molecule has 0 radical (unpaired) electrons. The third kappa shape index (κ3) is 4.01. The number of likely N-dealkylation sites (tertiary alicyclic amines) is 1. The maximum Gasteiger partial charge on any atom is 0.260 e. The van der Waals surface area contributed by atoms with Crippen molar-refractivity contribution >= 4 is 22.9 Å². The Balaban J connectivity index is 0.000000185. The molecule has 5 heterocycles. The molecule has 1 aliphatic heterocycles. The van der Waals surface area contributed by atoms with Gasteiger partial charge in [0.2, 0.25) is 5.95 Å². The minimum atomic E-state index is -2.42. The van der Waals surface area contributed by atoms with Crippen molar-refractivity contribution in [3.63, 3.8) is 0 Å². The van der Waals surface area contributed by atoms with E-state index < -0.39 is 5.92 Å². The molecule has 0 atom stereocenters. The van der Waals surface area contributed by atoms with E-state index in [0.29, 0.717) is 17.8 Å². The number of nitrogens with zero attached hydrogens (tertiary/aromatic N) is 7. The zero-order chi connectivity index (χ0) is 21.3. The molecule has 4 N–H and O–H groups in total. The number of hydrogen-bond donors (Lipinski definition) is 2. The lowest BCUT2D eigenvalue weighted by Gasteiger charge is -2.31. The van der Waals surface area contributed by atoms with Crippen molar-refractivity contribution in [2.24, 2.45) is 0 Å². The van der Waals surface area contributed by atoms with Crippen LogP contribution in [0.5, 0.6) is 0 Å². The second-order valence-corrected chi connectivity index (χ2v) is 7.15. The molecular formula is C19H23F2N9.